The molecule has 0 amide bonds. The van der Waals surface area contributed by atoms with Crippen LogP contribution in [-0.2, 0) is 20.4 Å². The Morgan fingerprint density at radius 1 is 0.818 bits per heavy atom. The Bertz CT molecular complexity index is 78.6. The summed E-state index contributed by atoms with van der Waals surface area (Å²) in [6.07, 6.45) is -4.67. The van der Waals surface area contributed by atoms with Gasteiger partial charge in [0.2, 0.25) is 0 Å². The van der Waals surface area contributed by atoms with Gasteiger partial charge in [0.25, 0.3) is 0 Å². The molecule has 0 spiro atoms. The molecule has 2 radical (unpaired) electrons. The molecule has 9 heteroatoms. The number of carbonyl (C=O) groups is 2. The van der Waals surface area contributed by atoms with Crippen LogP contribution in [0.1, 0.15) is 0 Å². The van der Waals surface area contributed by atoms with E-state index in [1.54, 1.807) is 0 Å². The Morgan fingerprint density at radius 3 is 0.818 bits per heavy atom. The Hall–Kier alpha value is 1.38. The molecule has 0 saturated carbocycles. The average Bonchev–Trinajstić information content (AvgIpc) is 1.25. The first-order valence-electron chi connectivity index (χ1n) is 1.22. The standard InChI is InChI=1S/2CH2O3.Ca.Pb.Pd/c2*2-1(3)4;;;/h2*(H2,2,3,4);;;/q;;2*+2;/p-4. The van der Waals surface area contributed by atoms with E-state index in [9.17, 15) is 0 Å². The van der Waals surface area contributed by atoms with Crippen molar-refractivity contribution in [2.75, 3.05) is 0 Å². The first-order valence-corrected chi connectivity index (χ1v) is 1.22. The molecule has 0 fully saturated rings. The van der Waals surface area contributed by atoms with E-state index in [1.165, 1.54) is 0 Å². The topological polar surface area (TPSA) is 126 Å². The molecule has 0 unspecified atom stereocenters. The van der Waals surface area contributed by atoms with Gasteiger partial charge in [0.1, 0.15) is 0 Å². The average molecular weight is 474 g/mol. The summed E-state index contributed by atoms with van der Waals surface area (Å²) in [5.41, 5.74) is 0. The largest absolute Gasteiger partial charge is 2.00 e. The maximum atomic E-state index is 8.33. The van der Waals surface area contributed by atoms with Gasteiger partial charge in [-0.2, -0.15) is 0 Å². The molecule has 0 rings (SSSR count). The van der Waals surface area contributed by atoms with Crippen LogP contribution in [-0.4, -0.2) is 77.3 Å². The number of carboxylic acid groups (broad SMARTS) is 4. The van der Waals surface area contributed by atoms with Crippen molar-refractivity contribution < 1.29 is 50.4 Å². The number of hydrogen-bond acceptors (Lipinski definition) is 6. The van der Waals surface area contributed by atoms with Crippen molar-refractivity contribution in [1.82, 2.24) is 0 Å². The molecule has 0 N–H and O–H groups in total. The third kappa shape index (κ3) is 523. The summed E-state index contributed by atoms with van der Waals surface area (Å²) in [6.45, 7) is 0. The zero-order valence-electron chi connectivity index (χ0n) is 4.97. The van der Waals surface area contributed by atoms with Crippen LogP contribution < -0.4 is 20.4 Å². The fraction of sp³-hybridized carbons (Fsp3) is 0. The fourth-order valence-corrected chi connectivity index (χ4v) is 0. The van der Waals surface area contributed by atoms with Crippen molar-refractivity contribution in [3.05, 3.63) is 0 Å². The molecule has 0 aliphatic rings. The zero-order valence-corrected chi connectivity index (χ0v) is 12.6. The van der Waals surface area contributed by atoms with E-state index < -0.39 is 12.3 Å². The van der Waals surface area contributed by atoms with Crippen molar-refractivity contribution >= 4 is 77.3 Å². The molecule has 0 heterocycles. The number of rotatable bonds is 0. The molecule has 0 aromatic carbocycles. The van der Waals surface area contributed by atoms with Gasteiger partial charge in [0, 0.05) is 20.4 Å². The van der Waals surface area contributed by atoms with Gasteiger partial charge in [0.05, 0.1) is 0 Å². The summed E-state index contributed by atoms with van der Waals surface area (Å²) in [6, 6.07) is 0. The molecular formula is C2CaO6PbPd. The first-order chi connectivity index (χ1) is 3.46. The Labute approximate surface area is 126 Å². The monoisotopic (exact) mass is 474 g/mol. The van der Waals surface area contributed by atoms with E-state index in [2.05, 4.69) is 0 Å². The number of carbonyl (C=O) groups excluding carboxylic acids is 2. The minimum atomic E-state index is -2.33. The van der Waals surface area contributed by atoms with Gasteiger partial charge in [-0.25, -0.2) is 0 Å². The molecule has 6 nitrogen and oxygen atoms in total. The van der Waals surface area contributed by atoms with Crippen LogP contribution in [0.5, 0.6) is 0 Å². The predicted octanol–water partition coefficient (Wildman–Crippen LogP) is -5.66. The van der Waals surface area contributed by atoms with Crippen molar-refractivity contribution in [3.63, 3.8) is 0 Å². The van der Waals surface area contributed by atoms with Crippen LogP contribution in [0.2, 0.25) is 0 Å². The summed E-state index contributed by atoms with van der Waals surface area (Å²) >= 11 is 0. The minimum Gasteiger partial charge on any atom is -0.652 e. The molecule has 0 bridgehead atoms. The van der Waals surface area contributed by atoms with Gasteiger partial charge < -0.3 is 30.0 Å². The van der Waals surface area contributed by atoms with Gasteiger partial charge in [-0.1, -0.05) is 0 Å². The molecule has 11 heavy (non-hydrogen) atoms. The minimum absolute atomic E-state index is 0. The molecule has 0 aliphatic carbocycles. The van der Waals surface area contributed by atoms with Crippen LogP contribution in [0.3, 0.4) is 0 Å². The van der Waals surface area contributed by atoms with Crippen LogP contribution in [0.4, 0.5) is 9.59 Å². The quantitative estimate of drug-likeness (QED) is 0.323. The summed E-state index contributed by atoms with van der Waals surface area (Å²) in [7, 11) is 0. The zero-order chi connectivity index (χ0) is 7.15. The van der Waals surface area contributed by atoms with Gasteiger partial charge >= 0.3 is 65.0 Å². The van der Waals surface area contributed by atoms with E-state index in [1.807, 2.05) is 0 Å². The van der Waals surface area contributed by atoms with E-state index in [-0.39, 0.29) is 85.5 Å². The normalized spacial score (nSPS) is 4.36. The van der Waals surface area contributed by atoms with Crippen molar-refractivity contribution in [2.45, 2.75) is 0 Å². The van der Waals surface area contributed by atoms with Crippen LogP contribution in [0.25, 0.3) is 0 Å². The summed E-state index contributed by atoms with van der Waals surface area (Å²) in [5, 5.41) is 33.3. The van der Waals surface area contributed by atoms with Gasteiger partial charge in [-0.3, -0.25) is 0 Å². The summed E-state index contributed by atoms with van der Waals surface area (Å²) in [4.78, 5) is 16.7. The summed E-state index contributed by atoms with van der Waals surface area (Å²) in [5.74, 6) is 0. The van der Waals surface area contributed by atoms with Crippen LogP contribution >= 0.6 is 0 Å². The van der Waals surface area contributed by atoms with Crippen LogP contribution in [0.15, 0.2) is 0 Å². The molecule has 0 atom stereocenters. The predicted molar refractivity (Wildman–Crippen MR) is 22.3 cm³/mol. The SMILES string of the molecule is O=C([O-])[O-].O=C([O-])[O-].[Ca+2].[Pb+2].[Pd]. The molecule has 0 aromatic heterocycles. The molecule has 0 aliphatic heterocycles. The Morgan fingerprint density at radius 2 is 0.818 bits per heavy atom. The molecule has 0 saturated heterocycles. The van der Waals surface area contributed by atoms with E-state index in [4.69, 9.17) is 30.0 Å². The van der Waals surface area contributed by atoms with Gasteiger partial charge in [-0.15, -0.1) is 0 Å². The maximum absolute atomic E-state index is 8.33. The molecule has 0 aromatic rings. The van der Waals surface area contributed by atoms with E-state index in [0.717, 1.165) is 0 Å². The van der Waals surface area contributed by atoms with Crippen LogP contribution in [0, 0.1) is 0 Å². The first kappa shape index (κ1) is 29.4. The van der Waals surface area contributed by atoms with Gasteiger partial charge in [0.15, 0.2) is 0 Å². The van der Waals surface area contributed by atoms with Crippen molar-refractivity contribution in [2.24, 2.45) is 0 Å². The summed E-state index contributed by atoms with van der Waals surface area (Å²) < 4.78 is 0. The third-order valence-corrected chi connectivity index (χ3v) is 0. The molecule has 60 valence electrons. The second-order valence-corrected chi connectivity index (χ2v) is 0.500. The van der Waals surface area contributed by atoms with Crippen molar-refractivity contribution in [1.29, 1.82) is 0 Å². The second-order valence-electron chi connectivity index (χ2n) is 0.500. The van der Waals surface area contributed by atoms with E-state index in [0.29, 0.717) is 0 Å². The maximum Gasteiger partial charge on any atom is 2.00 e. The number of hydrogen-bond donors (Lipinski definition) is 0. The second kappa shape index (κ2) is 22.5. The third-order valence-electron chi connectivity index (χ3n) is 0. The van der Waals surface area contributed by atoms with Crippen molar-refractivity contribution in [3.8, 4) is 0 Å². The molecular weight excluding hydrogens is 474 g/mol. The van der Waals surface area contributed by atoms with E-state index >= 15 is 0 Å². The fourth-order valence-electron chi connectivity index (χ4n) is 0. The Kier molecular flexibility index (Phi) is 60.2. The smallest absolute Gasteiger partial charge is 0.652 e. The van der Waals surface area contributed by atoms with Gasteiger partial charge in [-0.05, 0) is 12.3 Å². The Balaban J connectivity index is -0.0000000171.